The Morgan fingerprint density at radius 3 is 2.92 bits per heavy atom. The summed E-state index contributed by atoms with van der Waals surface area (Å²) in [7, 11) is -3.24. The van der Waals surface area contributed by atoms with Gasteiger partial charge in [-0.1, -0.05) is 6.92 Å². The largest absolute Gasteiger partial charge is 0.530 e. The summed E-state index contributed by atoms with van der Waals surface area (Å²) < 4.78 is 36.4. The summed E-state index contributed by atoms with van der Waals surface area (Å²) in [5, 5.41) is 1.39. The van der Waals surface area contributed by atoms with Gasteiger partial charge in [-0.25, -0.2) is 4.57 Å². The molecule has 76 valence electrons. The topological polar surface area (TPSA) is 61.8 Å². The van der Waals surface area contributed by atoms with Crippen LogP contribution in [-0.2, 0) is 28.9 Å². The maximum atomic E-state index is 11.3. The predicted octanol–water partition coefficient (Wildman–Crippen LogP) is 1.40. The molecule has 2 unspecified atom stereocenters. The van der Waals surface area contributed by atoms with E-state index in [2.05, 4.69) is 4.52 Å². The first-order chi connectivity index (χ1) is 6.09. The number of hydrogen-bond donors (Lipinski definition) is 0. The van der Waals surface area contributed by atoms with Crippen LogP contribution in [0.3, 0.4) is 0 Å². The Bertz CT molecular complexity index is 287. The molecule has 0 aliphatic carbocycles. The summed E-state index contributed by atoms with van der Waals surface area (Å²) in [4.78, 5) is 0. The van der Waals surface area contributed by atoms with Crippen LogP contribution < -0.4 is 0 Å². The lowest BCUT2D eigenvalue weighted by Gasteiger charge is -2.03. The van der Waals surface area contributed by atoms with Crippen LogP contribution in [0.5, 0.6) is 0 Å². The minimum atomic E-state index is -3.38. The summed E-state index contributed by atoms with van der Waals surface area (Å²) in [5.74, 6) is 0.801. The molecule has 13 heavy (non-hydrogen) atoms. The molecule has 0 bridgehead atoms. The van der Waals surface area contributed by atoms with Crippen LogP contribution in [0.25, 0.3) is 0 Å². The molecule has 7 heteroatoms. The molecule has 1 aliphatic rings. The first-order valence-corrected chi connectivity index (χ1v) is 6.51. The van der Waals surface area contributed by atoms with E-state index in [-0.39, 0.29) is 6.61 Å². The minimum Gasteiger partial charge on any atom is -0.405 e. The molecule has 1 fully saturated rings. The highest BCUT2D eigenvalue weighted by Gasteiger charge is 2.35. The van der Waals surface area contributed by atoms with Gasteiger partial charge in [0.1, 0.15) is 12.4 Å². The van der Waals surface area contributed by atoms with E-state index in [1.165, 1.54) is 12.5 Å². The van der Waals surface area contributed by atoms with Gasteiger partial charge in [0.25, 0.3) is 0 Å². The molecule has 1 heterocycles. The van der Waals surface area contributed by atoms with Crippen molar-refractivity contribution < 1.29 is 22.3 Å². The van der Waals surface area contributed by atoms with E-state index in [9.17, 15) is 8.77 Å². The van der Waals surface area contributed by atoms with E-state index in [1.54, 1.807) is 6.92 Å². The van der Waals surface area contributed by atoms with Crippen molar-refractivity contribution in [2.24, 2.45) is 0 Å². The summed E-state index contributed by atoms with van der Waals surface area (Å²) in [6.07, 6.45) is 0. The van der Waals surface area contributed by atoms with Crippen LogP contribution >= 0.6 is 7.82 Å². The highest BCUT2D eigenvalue weighted by molar-refractivity contribution is 7.87. The molecule has 5 nitrogen and oxygen atoms in total. The molecule has 0 saturated carbocycles. The maximum Gasteiger partial charge on any atom is 0.530 e. The monoisotopic (exact) mass is 226 g/mol. The van der Waals surface area contributed by atoms with Crippen LogP contribution in [0.1, 0.15) is 6.92 Å². The molecular formula is C6H11O5PS. The first-order valence-electron chi connectivity index (χ1n) is 3.67. The third-order valence-corrected chi connectivity index (χ3v) is 3.81. The van der Waals surface area contributed by atoms with Gasteiger partial charge in [0.15, 0.2) is 0 Å². The second kappa shape index (κ2) is 4.37. The Labute approximate surface area is 79.1 Å². The summed E-state index contributed by atoms with van der Waals surface area (Å²) in [6, 6.07) is 0. The lowest BCUT2D eigenvalue weighted by Crippen LogP contribution is -1.91. The van der Waals surface area contributed by atoms with Gasteiger partial charge in [-0.2, -0.15) is 0 Å². The van der Waals surface area contributed by atoms with Gasteiger partial charge in [-0.3, -0.25) is 13.3 Å². The summed E-state index contributed by atoms with van der Waals surface area (Å²) in [5.41, 5.74) is 0. The molecule has 0 spiro atoms. The molecule has 0 aromatic rings. The van der Waals surface area contributed by atoms with Gasteiger partial charge < -0.3 is 4.52 Å². The van der Waals surface area contributed by atoms with Crippen molar-refractivity contribution in [1.29, 1.82) is 0 Å². The Balaban J connectivity index is 2.64. The SMILES string of the molecule is CCS(=O)C=C1COP(=O)(OC)O1. The summed E-state index contributed by atoms with van der Waals surface area (Å²) in [6.45, 7) is 1.83. The quantitative estimate of drug-likeness (QED) is 0.680. The van der Waals surface area contributed by atoms with E-state index in [0.717, 1.165) is 0 Å². The number of phosphoric acid groups is 1. The average molecular weight is 226 g/mol. The molecule has 1 aliphatic heterocycles. The number of rotatable bonds is 3. The standard InChI is InChI=1S/C6H11O5PS/c1-3-13(8)5-6-4-10-12(7,9-2)11-6/h5H,3-4H2,1-2H3. The van der Waals surface area contributed by atoms with Crippen LogP contribution in [0.2, 0.25) is 0 Å². The van der Waals surface area contributed by atoms with Gasteiger partial charge in [0, 0.05) is 29.1 Å². The zero-order valence-electron chi connectivity index (χ0n) is 7.39. The van der Waals surface area contributed by atoms with Crippen molar-refractivity contribution in [3.05, 3.63) is 11.2 Å². The van der Waals surface area contributed by atoms with Gasteiger partial charge in [-0.05, 0) is 0 Å². The molecular weight excluding hydrogens is 215 g/mol. The average Bonchev–Trinajstić information content (AvgIpc) is 2.48. The van der Waals surface area contributed by atoms with Crippen LogP contribution in [0.15, 0.2) is 11.2 Å². The van der Waals surface area contributed by atoms with E-state index in [1.807, 2.05) is 0 Å². The van der Waals surface area contributed by atoms with Crippen molar-refractivity contribution in [3.63, 3.8) is 0 Å². The van der Waals surface area contributed by atoms with Crippen molar-refractivity contribution in [1.82, 2.24) is 0 Å². The number of phosphoric ester groups is 1. The van der Waals surface area contributed by atoms with Crippen LogP contribution in [0, 0.1) is 0 Å². The molecule has 1 saturated heterocycles. The Morgan fingerprint density at radius 2 is 2.46 bits per heavy atom. The normalized spacial score (nSPS) is 33.2. The van der Waals surface area contributed by atoms with Crippen molar-refractivity contribution in [2.45, 2.75) is 6.92 Å². The molecule has 0 N–H and O–H groups in total. The van der Waals surface area contributed by atoms with E-state index >= 15 is 0 Å². The molecule has 1 rings (SSSR count). The van der Waals surface area contributed by atoms with Crippen molar-refractivity contribution in [3.8, 4) is 0 Å². The third-order valence-electron chi connectivity index (χ3n) is 1.36. The molecule has 0 aromatic heterocycles. The van der Waals surface area contributed by atoms with Crippen molar-refractivity contribution in [2.75, 3.05) is 19.5 Å². The maximum absolute atomic E-state index is 11.3. The fraction of sp³-hybridized carbons (Fsp3) is 0.667. The lowest BCUT2D eigenvalue weighted by atomic mass is 10.6. The van der Waals surface area contributed by atoms with E-state index < -0.39 is 18.6 Å². The van der Waals surface area contributed by atoms with Gasteiger partial charge in [-0.15, -0.1) is 0 Å². The predicted molar refractivity (Wildman–Crippen MR) is 48.4 cm³/mol. The first kappa shape index (κ1) is 10.9. The summed E-state index contributed by atoms with van der Waals surface area (Å²) >= 11 is 0. The van der Waals surface area contributed by atoms with Gasteiger partial charge in [0.05, 0.1) is 0 Å². The molecule has 0 radical (unpaired) electrons. The molecule has 2 atom stereocenters. The fourth-order valence-electron chi connectivity index (χ4n) is 0.714. The second-order valence-electron chi connectivity index (χ2n) is 2.25. The number of hydrogen-bond acceptors (Lipinski definition) is 5. The molecule has 0 amide bonds. The highest BCUT2D eigenvalue weighted by atomic mass is 32.2. The van der Waals surface area contributed by atoms with Gasteiger partial charge in [0.2, 0.25) is 0 Å². The zero-order valence-corrected chi connectivity index (χ0v) is 9.10. The van der Waals surface area contributed by atoms with E-state index in [4.69, 9.17) is 9.05 Å². The highest BCUT2D eigenvalue weighted by Crippen LogP contribution is 2.55. The van der Waals surface area contributed by atoms with Crippen LogP contribution in [-0.4, -0.2) is 23.7 Å². The Hall–Kier alpha value is -0.160. The van der Waals surface area contributed by atoms with Gasteiger partial charge >= 0.3 is 7.82 Å². The second-order valence-corrected chi connectivity index (χ2v) is 5.52. The fourth-order valence-corrected chi connectivity index (χ4v) is 2.27. The Morgan fingerprint density at radius 1 is 1.77 bits per heavy atom. The lowest BCUT2D eigenvalue weighted by molar-refractivity contribution is 0.231. The van der Waals surface area contributed by atoms with Crippen LogP contribution in [0.4, 0.5) is 0 Å². The van der Waals surface area contributed by atoms with E-state index in [0.29, 0.717) is 11.5 Å². The third kappa shape index (κ3) is 2.91. The smallest absolute Gasteiger partial charge is 0.405 e. The Kier molecular flexibility index (Phi) is 3.67. The molecule has 0 aromatic carbocycles. The van der Waals surface area contributed by atoms with Crippen molar-refractivity contribution >= 4 is 18.6 Å². The minimum absolute atomic E-state index is 0.0524. The zero-order chi connectivity index (χ0) is 9.90.